The Bertz CT molecular complexity index is 970. The molecule has 1 aliphatic rings. The van der Waals surface area contributed by atoms with Crippen molar-refractivity contribution < 1.29 is 14.1 Å². The van der Waals surface area contributed by atoms with Crippen molar-refractivity contribution in [3.05, 3.63) is 59.0 Å². The third kappa shape index (κ3) is 3.87. The molecule has 4 rings (SSSR count). The van der Waals surface area contributed by atoms with Gasteiger partial charge in [0, 0.05) is 12.6 Å². The number of fused-ring (bicyclic) bond motifs is 1. The second-order valence-corrected chi connectivity index (χ2v) is 7.30. The number of hydrogen-bond donors (Lipinski definition) is 2. The molecule has 1 saturated heterocycles. The molecule has 2 N–H and O–H groups in total. The number of aromatic nitrogens is 1. The molecule has 2 heterocycles. The van der Waals surface area contributed by atoms with Gasteiger partial charge in [-0.15, -0.1) is 0 Å². The van der Waals surface area contributed by atoms with E-state index >= 15 is 0 Å². The van der Waals surface area contributed by atoms with Crippen LogP contribution in [0.3, 0.4) is 0 Å². The number of amides is 1. The van der Waals surface area contributed by atoms with Crippen LogP contribution in [0.25, 0.3) is 10.8 Å². The number of piperidine rings is 1. The third-order valence-electron chi connectivity index (χ3n) is 5.28. The molecule has 146 valence electrons. The van der Waals surface area contributed by atoms with Gasteiger partial charge in [0.2, 0.25) is 0 Å². The zero-order valence-electron chi connectivity index (χ0n) is 16.2. The summed E-state index contributed by atoms with van der Waals surface area (Å²) in [6.45, 7) is 5.87. The van der Waals surface area contributed by atoms with Crippen LogP contribution in [-0.4, -0.2) is 30.2 Å². The molecule has 2 aromatic carbocycles. The maximum Gasteiger partial charge on any atom is 0.255 e. The van der Waals surface area contributed by atoms with Gasteiger partial charge in [0.1, 0.15) is 18.1 Å². The number of nitrogens with zero attached hydrogens (tertiary/aromatic N) is 1. The number of hydrogen-bond acceptors (Lipinski definition) is 5. The number of carbonyl (C=O) groups excluding carboxylic acids is 1. The highest BCUT2D eigenvalue weighted by atomic mass is 16.5. The van der Waals surface area contributed by atoms with Gasteiger partial charge in [-0.3, -0.25) is 4.79 Å². The number of aryl methyl sites for hydroxylation is 2. The van der Waals surface area contributed by atoms with E-state index in [1.807, 2.05) is 50.2 Å². The molecular formula is C22H25N3O3. The summed E-state index contributed by atoms with van der Waals surface area (Å²) in [6, 6.07) is 12.0. The van der Waals surface area contributed by atoms with Crippen molar-refractivity contribution in [3.8, 4) is 5.75 Å². The Kier molecular flexibility index (Phi) is 5.30. The molecule has 1 atom stereocenters. The Labute approximate surface area is 164 Å². The normalized spacial score (nSPS) is 16.9. The van der Waals surface area contributed by atoms with E-state index in [0.29, 0.717) is 17.9 Å². The van der Waals surface area contributed by atoms with Crippen LogP contribution in [0.4, 0.5) is 0 Å². The lowest BCUT2D eigenvalue weighted by Gasteiger charge is -2.24. The van der Waals surface area contributed by atoms with Gasteiger partial charge in [-0.2, -0.15) is 0 Å². The molecule has 1 aliphatic heterocycles. The zero-order chi connectivity index (χ0) is 19.5. The minimum atomic E-state index is -0.104. The van der Waals surface area contributed by atoms with E-state index in [1.165, 1.54) is 0 Å². The number of benzene rings is 2. The molecule has 6 heteroatoms. The van der Waals surface area contributed by atoms with Crippen molar-refractivity contribution in [1.29, 1.82) is 0 Å². The molecule has 0 aliphatic carbocycles. The van der Waals surface area contributed by atoms with E-state index in [0.717, 1.165) is 53.7 Å². The van der Waals surface area contributed by atoms with Crippen LogP contribution in [0.5, 0.6) is 5.75 Å². The predicted octanol–water partition coefficient (Wildman–Crippen LogP) is 3.51. The molecule has 0 saturated carbocycles. The Morgan fingerprint density at radius 3 is 2.75 bits per heavy atom. The lowest BCUT2D eigenvalue weighted by molar-refractivity contribution is 0.0926. The molecule has 0 unspecified atom stereocenters. The van der Waals surface area contributed by atoms with Crippen LogP contribution in [0.1, 0.15) is 40.2 Å². The van der Waals surface area contributed by atoms with E-state index < -0.39 is 0 Å². The summed E-state index contributed by atoms with van der Waals surface area (Å²) in [5, 5.41) is 12.5. The minimum Gasteiger partial charge on any atom is -0.488 e. The summed E-state index contributed by atoms with van der Waals surface area (Å²) >= 11 is 0. The van der Waals surface area contributed by atoms with Gasteiger partial charge in [0.25, 0.3) is 5.91 Å². The first-order valence-corrected chi connectivity index (χ1v) is 9.71. The van der Waals surface area contributed by atoms with Crippen LogP contribution < -0.4 is 15.4 Å². The fraction of sp³-hybridized carbons (Fsp3) is 0.364. The SMILES string of the molecule is Cc1noc(C)c1COc1cc2ccccc2cc1C(=O)N[C@H]1CCCNC1. The van der Waals surface area contributed by atoms with Crippen molar-refractivity contribution in [1.82, 2.24) is 15.8 Å². The number of nitrogens with one attached hydrogen (secondary N) is 2. The number of ether oxygens (including phenoxy) is 1. The van der Waals surface area contributed by atoms with Crippen LogP contribution in [0, 0.1) is 13.8 Å². The monoisotopic (exact) mass is 379 g/mol. The molecule has 0 spiro atoms. The summed E-state index contributed by atoms with van der Waals surface area (Å²) in [4.78, 5) is 13.0. The maximum atomic E-state index is 13.0. The second kappa shape index (κ2) is 8.02. The Hall–Kier alpha value is -2.86. The van der Waals surface area contributed by atoms with Gasteiger partial charge in [0.15, 0.2) is 0 Å². The van der Waals surface area contributed by atoms with Gasteiger partial charge < -0.3 is 19.9 Å². The molecule has 0 radical (unpaired) electrons. The van der Waals surface area contributed by atoms with Crippen molar-refractivity contribution in [2.75, 3.05) is 13.1 Å². The Morgan fingerprint density at radius 1 is 1.29 bits per heavy atom. The van der Waals surface area contributed by atoms with E-state index in [9.17, 15) is 4.79 Å². The smallest absolute Gasteiger partial charge is 0.255 e. The highest BCUT2D eigenvalue weighted by Gasteiger charge is 2.20. The van der Waals surface area contributed by atoms with Crippen LogP contribution >= 0.6 is 0 Å². The lowest BCUT2D eigenvalue weighted by Crippen LogP contribution is -2.45. The van der Waals surface area contributed by atoms with E-state index in [4.69, 9.17) is 9.26 Å². The fourth-order valence-corrected chi connectivity index (χ4v) is 3.61. The second-order valence-electron chi connectivity index (χ2n) is 7.30. The van der Waals surface area contributed by atoms with Crippen molar-refractivity contribution >= 4 is 16.7 Å². The van der Waals surface area contributed by atoms with E-state index in [2.05, 4.69) is 15.8 Å². The molecule has 0 bridgehead atoms. The molecular weight excluding hydrogens is 354 g/mol. The summed E-state index contributed by atoms with van der Waals surface area (Å²) < 4.78 is 11.3. The minimum absolute atomic E-state index is 0.104. The van der Waals surface area contributed by atoms with Crippen molar-refractivity contribution in [2.24, 2.45) is 0 Å². The predicted molar refractivity (Wildman–Crippen MR) is 108 cm³/mol. The third-order valence-corrected chi connectivity index (χ3v) is 5.28. The van der Waals surface area contributed by atoms with Gasteiger partial charge in [-0.05, 0) is 56.1 Å². The Morgan fingerprint density at radius 2 is 2.07 bits per heavy atom. The maximum absolute atomic E-state index is 13.0. The average molecular weight is 379 g/mol. The first kappa shape index (κ1) is 18.5. The molecule has 28 heavy (non-hydrogen) atoms. The summed E-state index contributed by atoms with van der Waals surface area (Å²) in [7, 11) is 0. The van der Waals surface area contributed by atoms with Gasteiger partial charge >= 0.3 is 0 Å². The van der Waals surface area contributed by atoms with Gasteiger partial charge in [0.05, 0.1) is 16.8 Å². The average Bonchev–Trinajstić information content (AvgIpc) is 3.04. The number of carbonyl (C=O) groups is 1. The van der Waals surface area contributed by atoms with E-state index in [1.54, 1.807) is 0 Å². The molecule has 3 aromatic rings. The largest absolute Gasteiger partial charge is 0.488 e. The first-order chi connectivity index (χ1) is 13.6. The zero-order valence-corrected chi connectivity index (χ0v) is 16.2. The Balaban J connectivity index is 1.63. The van der Waals surface area contributed by atoms with Crippen molar-refractivity contribution in [2.45, 2.75) is 39.3 Å². The van der Waals surface area contributed by atoms with Crippen molar-refractivity contribution in [3.63, 3.8) is 0 Å². The van der Waals surface area contributed by atoms with Crippen LogP contribution in [0.15, 0.2) is 40.9 Å². The van der Waals surface area contributed by atoms with Crippen LogP contribution in [0.2, 0.25) is 0 Å². The fourth-order valence-electron chi connectivity index (χ4n) is 3.61. The standard InChI is InChI=1S/C22H25N3O3/c1-14-20(15(2)28-25-14)13-27-21-11-17-7-4-3-6-16(17)10-19(21)22(26)24-18-8-5-9-23-12-18/h3-4,6-7,10-11,18,23H,5,8-9,12-13H2,1-2H3,(H,24,26)/t18-/m0/s1. The summed E-state index contributed by atoms with van der Waals surface area (Å²) in [5.74, 6) is 1.20. The highest BCUT2D eigenvalue weighted by molar-refractivity contribution is 6.01. The summed E-state index contributed by atoms with van der Waals surface area (Å²) in [6.07, 6.45) is 2.06. The molecule has 1 fully saturated rings. The number of rotatable bonds is 5. The van der Waals surface area contributed by atoms with Gasteiger partial charge in [-0.25, -0.2) is 0 Å². The molecule has 1 amide bonds. The van der Waals surface area contributed by atoms with Gasteiger partial charge in [-0.1, -0.05) is 29.4 Å². The van der Waals surface area contributed by atoms with E-state index in [-0.39, 0.29) is 11.9 Å². The topological polar surface area (TPSA) is 76.4 Å². The first-order valence-electron chi connectivity index (χ1n) is 9.71. The quantitative estimate of drug-likeness (QED) is 0.709. The summed E-state index contributed by atoms with van der Waals surface area (Å²) in [5.41, 5.74) is 2.27. The molecule has 1 aromatic heterocycles. The van der Waals surface area contributed by atoms with Crippen LogP contribution in [-0.2, 0) is 6.61 Å². The molecule has 6 nitrogen and oxygen atoms in total. The lowest BCUT2D eigenvalue weighted by atomic mass is 10.0. The highest BCUT2D eigenvalue weighted by Crippen LogP contribution is 2.28.